The lowest BCUT2D eigenvalue weighted by Crippen LogP contribution is -2.59. The molecule has 1 aromatic carbocycles. The normalized spacial score (nSPS) is 25.3. The number of hydrogen-bond donors (Lipinski definition) is 1. The van der Waals surface area contributed by atoms with Crippen LogP contribution >= 0.6 is 0 Å². The smallest absolute Gasteiger partial charge is 0.484 e. The van der Waals surface area contributed by atoms with Crippen LogP contribution in [0.5, 0.6) is 11.5 Å². The second-order valence-corrected chi connectivity index (χ2v) is 4.89. The Balaban J connectivity index is 2.02. The van der Waals surface area contributed by atoms with Gasteiger partial charge >= 0.3 is 6.36 Å². The molecule has 1 aromatic rings. The van der Waals surface area contributed by atoms with Crippen LogP contribution in [0.3, 0.4) is 0 Å². The summed E-state index contributed by atoms with van der Waals surface area (Å²) in [6, 6.07) is 5.52. The van der Waals surface area contributed by atoms with Gasteiger partial charge in [-0.25, -0.2) is 0 Å². The summed E-state index contributed by atoms with van der Waals surface area (Å²) in [4.78, 5) is 0. The van der Waals surface area contributed by atoms with Crippen LogP contribution in [0, 0.1) is 0 Å². The van der Waals surface area contributed by atoms with Crippen LogP contribution in [-0.2, 0) is 4.74 Å². The SMILES string of the molecule is CCCOC1C(N)CC1Oc1ccccc1OC(F)(F)F. The summed E-state index contributed by atoms with van der Waals surface area (Å²) in [6.07, 6.45) is -4.04. The summed E-state index contributed by atoms with van der Waals surface area (Å²) in [5, 5.41) is 0. The van der Waals surface area contributed by atoms with Gasteiger partial charge in [0.25, 0.3) is 0 Å². The van der Waals surface area contributed by atoms with Gasteiger partial charge in [-0.1, -0.05) is 19.1 Å². The van der Waals surface area contributed by atoms with Crippen molar-refractivity contribution in [2.24, 2.45) is 5.73 Å². The van der Waals surface area contributed by atoms with Gasteiger partial charge in [-0.2, -0.15) is 0 Å². The molecule has 0 amide bonds. The minimum atomic E-state index is -4.76. The van der Waals surface area contributed by atoms with E-state index in [4.69, 9.17) is 15.2 Å². The maximum atomic E-state index is 12.3. The molecular weight excluding hydrogens is 287 g/mol. The number of halogens is 3. The molecule has 0 spiro atoms. The Labute approximate surface area is 121 Å². The van der Waals surface area contributed by atoms with Crippen molar-refractivity contribution in [1.29, 1.82) is 0 Å². The number of benzene rings is 1. The standard InChI is InChI=1S/C14H18F3NO3/c1-2-7-19-13-9(18)8-12(13)20-10-5-3-4-6-11(10)21-14(15,16)17/h3-6,9,12-13H,2,7-8,18H2,1H3. The van der Waals surface area contributed by atoms with Crippen molar-refractivity contribution in [2.45, 2.75) is 44.4 Å². The zero-order valence-electron chi connectivity index (χ0n) is 11.6. The van der Waals surface area contributed by atoms with Crippen LogP contribution in [0.4, 0.5) is 13.2 Å². The van der Waals surface area contributed by atoms with Crippen LogP contribution in [0.15, 0.2) is 24.3 Å². The second kappa shape index (κ2) is 6.53. The van der Waals surface area contributed by atoms with Crippen molar-refractivity contribution >= 4 is 0 Å². The van der Waals surface area contributed by atoms with Gasteiger partial charge < -0.3 is 19.9 Å². The Morgan fingerprint density at radius 1 is 1.24 bits per heavy atom. The maximum absolute atomic E-state index is 12.3. The predicted octanol–water partition coefficient (Wildman–Crippen LogP) is 2.86. The van der Waals surface area contributed by atoms with E-state index in [0.29, 0.717) is 13.0 Å². The molecule has 0 aromatic heterocycles. The van der Waals surface area contributed by atoms with E-state index in [1.54, 1.807) is 6.07 Å². The molecule has 118 valence electrons. The molecule has 1 saturated carbocycles. The minimum Gasteiger partial charge on any atom is -0.484 e. The molecule has 0 heterocycles. The fourth-order valence-corrected chi connectivity index (χ4v) is 2.14. The number of rotatable bonds is 6. The van der Waals surface area contributed by atoms with Gasteiger partial charge in [0.05, 0.1) is 0 Å². The number of ether oxygens (including phenoxy) is 3. The maximum Gasteiger partial charge on any atom is 0.573 e. The molecule has 3 atom stereocenters. The molecule has 1 aliphatic rings. The van der Waals surface area contributed by atoms with Crippen LogP contribution in [0.1, 0.15) is 19.8 Å². The highest BCUT2D eigenvalue weighted by Gasteiger charge is 2.42. The highest BCUT2D eigenvalue weighted by molar-refractivity contribution is 5.40. The molecule has 4 nitrogen and oxygen atoms in total. The monoisotopic (exact) mass is 305 g/mol. The molecule has 0 saturated heterocycles. The van der Waals surface area contributed by atoms with E-state index >= 15 is 0 Å². The first-order chi connectivity index (χ1) is 9.90. The topological polar surface area (TPSA) is 53.7 Å². The van der Waals surface area contributed by atoms with Gasteiger partial charge in [-0.05, 0) is 18.6 Å². The van der Waals surface area contributed by atoms with E-state index in [2.05, 4.69) is 4.74 Å². The van der Waals surface area contributed by atoms with Crippen LogP contribution in [-0.4, -0.2) is 31.2 Å². The zero-order valence-corrected chi connectivity index (χ0v) is 11.6. The molecule has 2 N–H and O–H groups in total. The van der Waals surface area contributed by atoms with Gasteiger partial charge in [0.1, 0.15) is 12.2 Å². The molecule has 0 radical (unpaired) electrons. The molecule has 1 aliphatic carbocycles. The first-order valence-corrected chi connectivity index (χ1v) is 6.79. The molecule has 0 bridgehead atoms. The molecular formula is C14H18F3NO3. The summed E-state index contributed by atoms with van der Waals surface area (Å²) in [5.41, 5.74) is 5.83. The minimum absolute atomic E-state index is 0.0387. The summed E-state index contributed by atoms with van der Waals surface area (Å²) >= 11 is 0. The van der Waals surface area contributed by atoms with Crippen molar-refractivity contribution in [2.75, 3.05) is 6.61 Å². The lowest BCUT2D eigenvalue weighted by molar-refractivity contribution is -0.275. The van der Waals surface area contributed by atoms with E-state index in [0.717, 1.165) is 6.42 Å². The highest BCUT2D eigenvalue weighted by Crippen LogP contribution is 2.35. The van der Waals surface area contributed by atoms with Crippen LogP contribution in [0.2, 0.25) is 0 Å². The predicted molar refractivity (Wildman–Crippen MR) is 70.2 cm³/mol. The lowest BCUT2D eigenvalue weighted by atomic mass is 9.86. The van der Waals surface area contributed by atoms with Crippen molar-refractivity contribution in [3.8, 4) is 11.5 Å². The average molecular weight is 305 g/mol. The number of para-hydroxylation sites is 2. The quantitative estimate of drug-likeness (QED) is 0.878. The molecule has 3 unspecified atom stereocenters. The van der Waals surface area contributed by atoms with Gasteiger partial charge in [-0.15, -0.1) is 13.2 Å². The third-order valence-electron chi connectivity index (χ3n) is 3.16. The number of alkyl halides is 3. The summed E-state index contributed by atoms with van der Waals surface area (Å²) < 4.78 is 52.1. The Hall–Kier alpha value is -1.47. The third-order valence-corrected chi connectivity index (χ3v) is 3.16. The Morgan fingerprint density at radius 2 is 1.90 bits per heavy atom. The lowest BCUT2D eigenvalue weighted by Gasteiger charge is -2.41. The van der Waals surface area contributed by atoms with Gasteiger partial charge in [0, 0.05) is 19.1 Å². The average Bonchev–Trinajstić information content (AvgIpc) is 2.39. The van der Waals surface area contributed by atoms with E-state index in [1.807, 2.05) is 6.92 Å². The van der Waals surface area contributed by atoms with E-state index in [-0.39, 0.29) is 29.7 Å². The van der Waals surface area contributed by atoms with Crippen molar-refractivity contribution in [1.82, 2.24) is 0 Å². The van der Waals surface area contributed by atoms with E-state index in [1.165, 1.54) is 18.2 Å². The number of nitrogens with two attached hydrogens (primary N) is 1. The van der Waals surface area contributed by atoms with Gasteiger partial charge in [0.15, 0.2) is 11.5 Å². The zero-order chi connectivity index (χ0) is 15.5. The van der Waals surface area contributed by atoms with E-state index < -0.39 is 6.36 Å². The van der Waals surface area contributed by atoms with Crippen molar-refractivity contribution < 1.29 is 27.4 Å². The Morgan fingerprint density at radius 3 is 2.48 bits per heavy atom. The van der Waals surface area contributed by atoms with Crippen LogP contribution < -0.4 is 15.2 Å². The fraction of sp³-hybridized carbons (Fsp3) is 0.571. The number of hydrogen-bond acceptors (Lipinski definition) is 4. The Bertz CT molecular complexity index is 467. The summed E-state index contributed by atoms with van der Waals surface area (Å²) in [6.45, 7) is 2.51. The van der Waals surface area contributed by atoms with Gasteiger partial charge in [-0.3, -0.25) is 0 Å². The molecule has 2 rings (SSSR count). The Kier molecular flexibility index (Phi) is 4.95. The summed E-state index contributed by atoms with van der Waals surface area (Å²) in [7, 11) is 0. The van der Waals surface area contributed by atoms with Crippen molar-refractivity contribution in [3.63, 3.8) is 0 Å². The van der Waals surface area contributed by atoms with Gasteiger partial charge in [0.2, 0.25) is 0 Å². The highest BCUT2D eigenvalue weighted by atomic mass is 19.4. The largest absolute Gasteiger partial charge is 0.573 e. The molecule has 21 heavy (non-hydrogen) atoms. The van der Waals surface area contributed by atoms with Crippen molar-refractivity contribution in [3.05, 3.63) is 24.3 Å². The molecule has 0 aliphatic heterocycles. The first kappa shape index (κ1) is 15.9. The molecule has 1 fully saturated rings. The fourth-order valence-electron chi connectivity index (χ4n) is 2.14. The second-order valence-electron chi connectivity index (χ2n) is 4.89. The summed E-state index contributed by atoms with van der Waals surface area (Å²) in [5.74, 6) is -0.323. The molecule has 7 heteroatoms. The van der Waals surface area contributed by atoms with E-state index in [9.17, 15) is 13.2 Å². The first-order valence-electron chi connectivity index (χ1n) is 6.79. The third kappa shape index (κ3) is 4.25. The van der Waals surface area contributed by atoms with Crippen LogP contribution in [0.25, 0.3) is 0 Å².